The van der Waals surface area contributed by atoms with Crippen molar-refractivity contribution in [2.24, 2.45) is 5.41 Å². The van der Waals surface area contributed by atoms with Gasteiger partial charge in [-0.25, -0.2) is 0 Å². The van der Waals surface area contributed by atoms with E-state index < -0.39 is 13.7 Å². The lowest BCUT2D eigenvalue weighted by Crippen LogP contribution is -2.68. The zero-order valence-corrected chi connectivity index (χ0v) is 20.8. The second kappa shape index (κ2) is 9.70. The molecule has 0 heterocycles. The molecule has 2 aromatic carbocycles. The van der Waals surface area contributed by atoms with Crippen LogP contribution in [-0.4, -0.2) is 27.0 Å². The van der Waals surface area contributed by atoms with Crippen LogP contribution in [0.3, 0.4) is 0 Å². The van der Waals surface area contributed by atoms with E-state index in [-0.39, 0.29) is 17.1 Å². The maximum absolute atomic E-state index is 13.8. The normalized spacial score (nSPS) is 22.2. The molecule has 3 nitrogen and oxygen atoms in total. The van der Waals surface area contributed by atoms with Crippen LogP contribution in [0, 0.1) is 5.41 Å². The van der Waals surface area contributed by atoms with Crippen molar-refractivity contribution in [2.45, 2.75) is 77.9 Å². The van der Waals surface area contributed by atoms with Crippen LogP contribution in [0.1, 0.15) is 66.7 Å². The smallest absolute Gasteiger partial charge is 0.323 e. The molecule has 0 N–H and O–H groups in total. The topological polar surface area (TPSA) is 35.5 Å². The van der Waals surface area contributed by atoms with E-state index in [1.807, 2.05) is 12.1 Å². The van der Waals surface area contributed by atoms with Gasteiger partial charge in [-0.3, -0.25) is 4.79 Å². The van der Waals surface area contributed by atoms with Gasteiger partial charge in [-0.05, 0) is 54.4 Å². The second-order valence-corrected chi connectivity index (χ2v) is 14.4. The average molecular weight is 439 g/mol. The van der Waals surface area contributed by atoms with Gasteiger partial charge in [-0.2, -0.15) is 0 Å². The molecule has 168 valence electrons. The summed E-state index contributed by atoms with van der Waals surface area (Å²) in [4.78, 5) is 13.8. The number of rotatable bonds is 7. The Morgan fingerprint density at radius 3 is 1.87 bits per heavy atom. The van der Waals surface area contributed by atoms with Gasteiger partial charge in [0.1, 0.15) is 0 Å². The van der Waals surface area contributed by atoms with Gasteiger partial charge in [0.25, 0.3) is 5.97 Å². The standard InChI is InChI=1S/C27H38O3Si/c1-6-21-29-22-17-19-27(5,20-18-22)25(28)30-31(26(2,3)4,23-13-9-7-10-14-23)24-15-11-8-12-16-24/h7-16,22H,6,17-21H2,1-5H3/t22-,27+. The van der Waals surface area contributed by atoms with Gasteiger partial charge in [-0.15, -0.1) is 0 Å². The highest BCUT2D eigenvalue weighted by Gasteiger charge is 2.55. The quantitative estimate of drug-likeness (QED) is 0.538. The van der Waals surface area contributed by atoms with E-state index in [0.717, 1.165) is 49.1 Å². The fraction of sp³-hybridized carbons (Fsp3) is 0.519. The minimum atomic E-state index is -2.86. The number of ether oxygens (including phenoxy) is 1. The summed E-state index contributed by atoms with van der Waals surface area (Å²) in [5.74, 6) is -0.0456. The minimum absolute atomic E-state index is 0.0456. The van der Waals surface area contributed by atoms with Crippen LogP contribution in [-0.2, 0) is 14.0 Å². The van der Waals surface area contributed by atoms with Crippen molar-refractivity contribution in [3.8, 4) is 0 Å². The molecule has 0 saturated heterocycles. The fourth-order valence-electron chi connectivity index (χ4n) is 4.80. The Labute approximate surface area is 189 Å². The van der Waals surface area contributed by atoms with Crippen LogP contribution in [0.5, 0.6) is 0 Å². The molecule has 1 aliphatic rings. The summed E-state index contributed by atoms with van der Waals surface area (Å²) in [6.45, 7) is 11.7. The Bertz CT molecular complexity index is 794. The molecule has 1 aliphatic carbocycles. The van der Waals surface area contributed by atoms with Crippen molar-refractivity contribution in [3.63, 3.8) is 0 Å². The zero-order chi connectivity index (χ0) is 22.5. The van der Waals surface area contributed by atoms with Gasteiger partial charge in [0.2, 0.25) is 0 Å². The lowest BCUT2D eigenvalue weighted by atomic mass is 9.75. The molecular weight excluding hydrogens is 400 g/mol. The molecule has 0 bridgehead atoms. The summed E-state index contributed by atoms with van der Waals surface area (Å²) < 4.78 is 12.7. The van der Waals surface area contributed by atoms with Crippen LogP contribution < -0.4 is 10.4 Å². The summed E-state index contributed by atoms with van der Waals surface area (Å²) in [7, 11) is -2.86. The first-order chi connectivity index (χ1) is 14.7. The third-order valence-corrected chi connectivity index (χ3v) is 11.6. The number of carbonyl (C=O) groups excluding carboxylic acids is 1. The number of benzene rings is 2. The first kappa shape index (κ1) is 23.7. The van der Waals surface area contributed by atoms with Gasteiger partial charge in [0.05, 0.1) is 11.5 Å². The molecule has 0 aliphatic heterocycles. The monoisotopic (exact) mass is 438 g/mol. The van der Waals surface area contributed by atoms with E-state index in [1.165, 1.54) is 0 Å². The van der Waals surface area contributed by atoms with E-state index in [9.17, 15) is 4.79 Å². The van der Waals surface area contributed by atoms with Crippen LogP contribution in [0.2, 0.25) is 5.04 Å². The van der Waals surface area contributed by atoms with Gasteiger partial charge in [0, 0.05) is 6.61 Å². The lowest BCUT2D eigenvalue weighted by molar-refractivity contribution is -0.149. The largest absolute Gasteiger partial charge is 0.509 e. The summed E-state index contributed by atoms with van der Waals surface area (Å²) >= 11 is 0. The van der Waals surface area contributed by atoms with E-state index in [0.29, 0.717) is 0 Å². The summed E-state index contributed by atoms with van der Waals surface area (Å²) in [6.07, 6.45) is 4.79. The summed E-state index contributed by atoms with van der Waals surface area (Å²) in [5, 5.41) is 2.08. The molecule has 0 amide bonds. The third kappa shape index (κ3) is 4.96. The first-order valence-corrected chi connectivity index (χ1v) is 13.6. The molecule has 4 heteroatoms. The molecule has 0 spiro atoms. The molecule has 0 atom stereocenters. The number of carbonyl (C=O) groups is 1. The van der Waals surface area contributed by atoms with E-state index in [4.69, 9.17) is 9.16 Å². The first-order valence-electron chi connectivity index (χ1n) is 11.7. The van der Waals surface area contributed by atoms with Crippen molar-refractivity contribution in [3.05, 3.63) is 60.7 Å². The van der Waals surface area contributed by atoms with Crippen molar-refractivity contribution in [1.82, 2.24) is 0 Å². The average Bonchev–Trinajstić information content (AvgIpc) is 2.77. The summed E-state index contributed by atoms with van der Waals surface area (Å²) in [6, 6.07) is 20.8. The van der Waals surface area contributed by atoms with Crippen molar-refractivity contribution >= 4 is 24.7 Å². The van der Waals surface area contributed by atoms with Gasteiger partial charge in [-0.1, -0.05) is 88.4 Å². The Kier molecular flexibility index (Phi) is 7.43. The van der Waals surface area contributed by atoms with Crippen LogP contribution >= 0.6 is 0 Å². The maximum atomic E-state index is 13.8. The van der Waals surface area contributed by atoms with Gasteiger partial charge in [0.15, 0.2) is 0 Å². The highest BCUT2D eigenvalue weighted by Crippen LogP contribution is 2.42. The maximum Gasteiger partial charge on any atom is 0.323 e. The zero-order valence-electron chi connectivity index (χ0n) is 19.8. The highest BCUT2D eigenvalue weighted by molar-refractivity contribution is 7.00. The third-order valence-electron chi connectivity index (χ3n) is 6.75. The predicted octanol–water partition coefficient (Wildman–Crippen LogP) is 5.47. The Balaban J connectivity index is 1.95. The Morgan fingerprint density at radius 2 is 1.45 bits per heavy atom. The molecule has 2 aromatic rings. The van der Waals surface area contributed by atoms with E-state index in [2.05, 4.69) is 83.1 Å². The Morgan fingerprint density at radius 1 is 0.968 bits per heavy atom. The molecule has 1 saturated carbocycles. The second-order valence-electron chi connectivity index (χ2n) is 10.2. The van der Waals surface area contributed by atoms with Crippen molar-refractivity contribution in [1.29, 1.82) is 0 Å². The molecule has 31 heavy (non-hydrogen) atoms. The van der Waals surface area contributed by atoms with E-state index >= 15 is 0 Å². The van der Waals surface area contributed by atoms with Crippen LogP contribution in [0.25, 0.3) is 0 Å². The summed E-state index contributed by atoms with van der Waals surface area (Å²) in [5.41, 5.74) is -0.459. The molecular formula is C27H38O3Si. The molecule has 0 unspecified atom stereocenters. The van der Waals surface area contributed by atoms with Crippen molar-refractivity contribution in [2.75, 3.05) is 6.61 Å². The Hall–Kier alpha value is -1.91. The van der Waals surface area contributed by atoms with Gasteiger partial charge < -0.3 is 9.16 Å². The van der Waals surface area contributed by atoms with E-state index in [1.54, 1.807) is 0 Å². The molecule has 3 rings (SSSR count). The SMILES string of the molecule is CCCO[C@H]1CC[C@@](C)(C(=O)O[Si](c2ccccc2)(c2ccccc2)C(C)(C)C)CC1. The lowest BCUT2D eigenvalue weighted by Gasteiger charge is -2.45. The highest BCUT2D eigenvalue weighted by atomic mass is 28.4. The molecule has 0 aromatic heterocycles. The molecule has 1 fully saturated rings. The van der Waals surface area contributed by atoms with Gasteiger partial charge >= 0.3 is 8.32 Å². The minimum Gasteiger partial charge on any atom is -0.509 e. The molecule has 0 radical (unpaired) electrons. The van der Waals surface area contributed by atoms with Crippen LogP contribution in [0.4, 0.5) is 0 Å². The predicted molar refractivity (Wildman–Crippen MR) is 130 cm³/mol. The number of hydrogen-bond acceptors (Lipinski definition) is 3. The van der Waals surface area contributed by atoms with Crippen LogP contribution in [0.15, 0.2) is 60.7 Å². The fourth-order valence-corrected chi connectivity index (χ4v) is 9.25. The number of hydrogen-bond donors (Lipinski definition) is 0. The van der Waals surface area contributed by atoms with Crippen molar-refractivity contribution < 1.29 is 14.0 Å².